The van der Waals surface area contributed by atoms with Crippen molar-refractivity contribution < 1.29 is 22.7 Å². The Balaban J connectivity index is 1.84. The van der Waals surface area contributed by atoms with Crippen molar-refractivity contribution in [3.8, 4) is 11.8 Å². The number of carbonyl (C=O) groups is 1. The Morgan fingerprint density at radius 2 is 2.07 bits per heavy atom. The van der Waals surface area contributed by atoms with E-state index >= 15 is 0 Å². The molecule has 1 atom stereocenters. The second-order valence-corrected chi connectivity index (χ2v) is 7.32. The molecule has 1 aromatic heterocycles. The van der Waals surface area contributed by atoms with Crippen LogP contribution < -0.4 is 4.74 Å². The van der Waals surface area contributed by atoms with E-state index in [1.54, 1.807) is 23.2 Å². The molecule has 8 heteroatoms. The zero-order chi connectivity index (χ0) is 20.5. The number of pyridine rings is 1. The third-order valence-corrected chi connectivity index (χ3v) is 4.59. The molecule has 1 aliphatic heterocycles. The normalized spacial score (nSPS) is 18.8. The maximum absolute atomic E-state index is 13.2. The number of alkyl halides is 3. The summed E-state index contributed by atoms with van der Waals surface area (Å²) in [7, 11) is 0. The van der Waals surface area contributed by atoms with Crippen LogP contribution in [0.2, 0.25) is 0 Å². The van der Waals surface area contributed by atoms with Gasteiger partial charge in [-0.2, -0.15) is 18.4 Å². The first-order valence-corrected chi connectivity index (χ1v) is 8.58. The van der Waals surface area contributed by atoms with Crippen LogP contribution in [0.1, 0.15) is 30.7 Å². The van der Waals surface area contributed by atoms with Crippen LogP contribution in [0.3, 0.4) is 0 Å². The predicted octanol–water partition coefficient (Wildman–Crippen LogP) is 3.79. The minimum Gasteiger partial charge on any atom is -0.480 e. The van der Waals surface area contributed by atoms with Crippen molar-refractivity contribution in [2.75, 3.05) is 6.54 Å². The van der Waals surface area contributed by atoms with Crippen LogP contribution in [-0.2, 0) is 17.5 Å². The van der Waals surface area contributed by atoms with Crippen molar-refractivity contribution in [1.29, 1.82) is 5.26 Å². The number of rotatable bonds is 4. The monoisotopic (exact) mass is 389 g/mol. The first-order chi connectivity index (χ1) is 13.1. The standard InChI is InChI=1S/C20H18F3N3O2/c1-19(2)12-26(11-14-5-3-4-8-25-14)18(27)17(19)28-15-7-6-13(10-24)16(9-15)20(21,22)23/h3-9,17H,11-12H2,1-2H3. The average molecular weight is 389 g/mol. The summed E-state index contributed by atoms with van der Waals surface area (Å²) in [5.74, 6) is -0.411. The second-order valence-electron chi connectivity index (χ2n) is 7.32. The summed E-state index contributed by atoms with van der Waals surface area (Å²) < 4.78 is 45.2. The maximum Gasteiger partial charge on any atom is 0.417 e. The lowest BCUT2D eigenvalue weighted by molar-refractivity contribution is -0.138. The average Bonchev–Trinajstić information content (AvgIpc) is 2.84. The molecule has 1 fully saturated rings. The van der Waals surface area contributed by atoms with Gasteiger partial charge in [0.1, 0.15) is 5.75 Å². The van der Waals surface area contributed by atoms with Gasteiger partial charge >= 0.3 is 6.18 Å². The summed E-state index contributed by atoms with van der Waals surface area (Å²) in [6, 6.07) is 10.0. The third-order valence-electron chi connectivity index (χ3n) is 4.59. The summed E-state index contributed by atoms with van der Waals surface area (Å²) >= 11 is 0. The Morgan fingerprint density at radius 1 is 1.32 bits per heavy atom. The molecule has 2 heterocycles. The van der Waals surface area contributed by atoms with E-state index in [1.807, 2.05) is 19.9 Å². The van der Waals surface area contributed by atoms with Gasteiger partial charge in [-0.25, -0.2) is 0 Å². The maximum atomic E-state index is 13.2. The Hall–Kier alpha value is -3.08. The molecule has 146 valence electrons. The Labute approximate surface area is 160 Å². The molecular formula is C20H18F3N3O2. The quantitative estimate of drug-likeness (QED) is 0.798. The number of carbonyl (C=O) groups excluding carboxylic acids is 1. The van der Waals surface area contributed by atoms with Gasteiger partial charge < -0.3 is 9.64 Å². The zero-order valence-corrected chi connectivity index (χ0v) is 15.3. The first kappa shape index (κ1) is 19.7. The Kier molecular flexibility index (Phi) is 5.02. The van der Waals surface area contributed by atoms with Gasteiger partial charge in [-0.05, 0) is 30.3 Å². The lowest BCUT2D eigenvalue weighted by Gasteiger charge is -2.24. The molecule has 5 nitrogen and oxygen atoms in total. The van der Waals surface area contributed by atoms with E-state index in [0.717, 1.165) is 12.1 Å². The molecule has 1 aromatic carbocycles. The van der Waals surface area contributed by atoms with Crippen molar-refractivity contribution in [1.82, 2.24) is 9.88 Å². The smallest absolute Gasteiger partial charge is 0.417 e. The van der Waals surface area contributed by atoms with Crippen LogP contribution in [-0.4, -0.2) is 28.4 Å². The molecule has 28 heavy (non-hydrogen) atoms. The van der Waals surface area contributed by atoms with Crippen molar-refractivity contribution in [2.45, 2.75) is 32.7 Å². The largest absolute Gasteiger partial charge is 0.480 e. The van der Waals surface area contributed by atoms with Gasteiger partial charge in [-0.3, -0.25) is 9.78 Å². The van der Waals surface area contributed by atoms with E-state index in [0.29, 0.717) is 18.8 Å². The van der Waals surface area contributed by atoms with Gasteiger partial charge in [0.2, 0.25) is 0 Å². The molecule has 1 aliphatic rings. The van der Waals surface area contributed by atoms with Crippen molar-refractivity contribution in [3.63, 3.8) is 0 Å². The van der Waals surface area contributed by atoms with Crippen LogP contribution in [0.5, 0.6) is 5.75 Å². The fourth-order valence-electron chi connectivity index (χ4n) is 3.25. The van der Waals surface area contributed by atoms with Gasteiger partial charge in [-0.15, -0.1) is 0 Å². The van der Waals surface area contributed by atoms with E-state index < -0.39 is 28.8 Å². The molecule has 0 N–H and O–H groups in total. The van der Waals surface area contributed by atoms with Gasteiger partial charge in [0, 0.05) is 18.2 Å². The number of amides is 1. The highest BCUT2D eigenvalue weighted by atomic mass is 19.4. The summed E-state index contributed by atoms with van der Waals surface area (Å²) in [4.78, 5) is 18.6. The summed E-state index contributed by atoms with van der Waals surface area (Å²) in [5, 5.41) is 8.90. The minimum atomic E-state index is -4.69. The number of ether oxygens (including phenoxy) is 1. The second kappa shape index (κ2) is 7.15. The molecular weight excluding hydrogens is 371 g/mol. The number of benzene rings is 1. The number of likely N-dealkylation sites (tertiary alicyclic amines) is 1. The van der Waals surface area contributed by atoms with Gasteiger partial charge in [-0.1, -0.05) is 19.9 Å². The van der Waals surface area contributed by atoms with E-state index in [1.165, 1.54) is 12.1 Å². The molecule has 0 aliphatic carbocycles. The molecule has 0 radical (unpaired) electrons. The Bertz CT molecular complexity index is 921. The molecule has 0 spiro atoms. The van der Waals surface area contributed by atoms with Gasteiger partial charge in [0.15, 0.2) is 6.10 Å². The van der Waals surface area contributed by atoms with E-state index in [4.69, 9.17) is 10.00 Å². The van der Waals surface area contributed by atoms with Crippen molar-refractivity contribution >= 4 is 5.91 Å². The van der Waals surface area contributed by atoms with Crippen LogP contribution in [0.25, 0.3) is 0 Å². The molecule has 1 unspecified atom stereocenters. The number of hydrogen-bond donors (Lipinski definition) is 0. The van der Waals surface area contributed by atoms with Crippen molar-refractivity contribution in [3.05, 3.63) is 59.4 Å². The highest BCUT2D eigenvalue weighted by molar-refractivity contribution is 5.84. The lowest BCUT2D eigenvalue weighted by Crippen LogP contribution is -2.36. The fourth-order valence-corrected chi connectivity index (χ4v) is 3.25. The first-order valence-electron chi connectivity index (χ1n) is 8.58. The fraction of sp³-hybridized carbons (Fsp3) is 0.350. The van der Waals surface area contributed by atoms with Crippen LogP contribution in [0, 0.1) is 16.7 Å². The van der Waals surface area contributed by atoms with Crippen molar-refractivity contribution in [2.24, 2.45) is 5.41 Å². The molecule has 0 saturated carbocycles. The number of nitriles is 1. The molecule has 2 aromatic rings. The van der Waals surface area contributed by atoms with Gasteiger partial charge in [0.25, 0.3) is 5.91 Å². The van der Waals surface area contributed by atoms with Crippen LogP contribution in [0.4, 0.5) is 13.2 Å². The molecule has 3 rings (SSSR count). The highest BCUT2D eigenvalue weighted by Crippen LogP contribution is 2.38. The third kappa shape index (κ3) is 3.93. The summed E-state index contributed by atoms with van der Waals surface area (Å²) in [6.45, 7) is 4.32. The lowest BCUT2D eigenvalue weighted by atomic mass is 9.89. The summed E-state index contributed by atoms with van der Waals surface area (Å²) in [5.41, 5.74) is -1.47. The van der Waals surface area contributed by atoms with E-state index in [9.17, 15) is 18.0 Å². The minimum absolute atomic E-state index is 0.0996. The number of hydrogen-bond acceptors (Lipinski definition) is 4. The SMILES string of the molecule is CC1(C)CN(Cc2ccccn2)C(=O)C1Oc1ccc(C#N)c(C(F)(F)F)c1. The number of nitrogens with zero attached hydrogens (tertiary/aromatic N) is 3. The number of halogens is 3. The number of aromatic nitrogens is 1. The van der Waals surface area contributed by atoms with Crippen LogP contribution >= 0.6 is 0 Å². The molecule has 1 amide bonds. The highest BCUT2D eigenvalue weighted by Gasteiger charge is 2.48. The molecule has 0 bridgehead atoms. The summed E-state index contributed by atoms with van der Waals surface area (Å²) in [6.07, 6.45) is -4.00. The van der Waals surface area contributed by atoms with Gasteiger partial charge in [0.05, 0.1) is 29.4 Å². The van der Waals surface area contributed by atoms with Crippen LogP contribution in [0.15, 0.2) is 42.6 Å². The van der Waals surface area contributed by atoms with E-state index in [2.05, 4.69) is 4.98 Å². The Morgan fingerprint density at radius 3 is 2.68 bits per heavy atom. The topological polar surface area (TPSA) is 66.2 Å². The molecule has 1 saturated heterocycles. The van der Waals surface area contributed by atoms with E-state index in [-0.39, 0.29) is 11.7 Å². The zero-order valence-electron chi connectivity index (χ0n) is 15.3. The predicted molar refractivity (Wildman–Crippen MR) is 94.0 cm³/mol.